The Morgan fingerprint density at radius 1 is 1.03 bits per heavy atom. The Bertz CT molecular complexity index is 918. The van der Waals surface area contributed by atoms with Crippen LogP contribution in [-0.4, -0.2) is 34.9 Å². The van der Waals surface area contributed by atoms with Gasteiger partial charge in [0.05, 0.1) is 6.20 Å². The van der Waals surface area contributed by atoms with Gasteiger partial charge < -0.3 is 15.1 Å². The molecule has 0 bridgehead atoms. The van der Waals surface area contributed by atoms with Crippen molar-refractivity contribution in [2.45, 2.75) is 31.2 Å². The van der Waals surface area contributed by atoms with Gasteiger partial charge in [-0.2, -0.15) is 0 Å². The number of aromatic nitrogens is 1. The second-order valence-electron chi connectivity index (χ2n) is 7.32. The van der Waals surface area contributed by atoms with E-state index >= 15 is 0 Å². The number of aryl methyl sites for hydroxylation is 1. The van der Waals surface area contributed by atoms with Crippen LogP contribution in [0, 0.1) is 0 Å². The van der Waals surface area contributed by atoms with Crippen LogP contribution in [-0.2, 0) is 11.2 Å². The molecule has 1 aliphatic rings. The Kier molecular flexibility index (Phi) is 8.90. The van der Waals surface area contributed by atoms with Crippen molar-refractivity contribution < 1.29 is 9.21 Å². The van der Waals surface area contributed by atoms with E-state index in [1.165, 1.54) is 5.56 Å². The van der Waals surface area contributed by atoms with Crippen LogP contribution >= 0.6 is 24.8 Å². The minimum absolute atomic E-state index is 0. The lowest BCUT2D eigenvalue weighted by molar-refractivity contribution is -0.130. The Labute approximate surface area is 189 Å². The zero-order valence-corrected chi connectivity index (χ0v) is 18.3. The summed E-state index contributed by atoms with van der Waals surface area (Å²) in [6.45, 7) is 1.32. The molecule has 0 aliphatic carbocycles. The summed E-state index contributed by atoms with van der Waals surface area (Å²) in [5, 5.41) is 0. The number of hydrogen-bond acceptors (Lipinski definition) is 4. The first-order valence-electron chi connectivity index (χ1n) is 9.79. The van der Waals surface area contributed by atoms with Crippen molar-refractivity contribution in [1.29, 1.82) is 0 Å². The van der Waals surface area contributed by atoms with Gasteiger partial charge in [0.1, 0.15) is 0 Å². The summed E-state index contributed by atoms with van der Waals surface area (Å²) in [5.41, 5.74) is 8.51. The van der Waals surface area contributed by atoms with Gasteiger partial charge in [0.15, 0.2) is 11.7 Å². The monoisotopic (exact) mass is 447 g/mol. The first kappa shape index (κ1) is 23.9. The molecule has 2 heterocycles. The van der Waals surface area contributed by atoms with E-state index in [1.807, 2.05) is 53.4 Å². The number of likely N-dealkylation sites (tertiary alicyclic amines) is 1. The number of hydrogen-bond donors (Lipinski definition) is 1. The molecule has 0 unspecified atom stereocenters. The van der Waals surface area contributed by atoms with E-state index in [0.29, 0.717) is 31.8 Å². The van der Waals surface area contributed by atoms with Crippen LogP contribution in [0.15, 0.2) is 71.3 Å². The second kappa shape index (κ2) is 11.2. The van der Waals surface area contributed by atoms with Crippen LogP contribution < -0.4 is 5.73 Å². The van der Waals surface area contributed by atoms with Crippen LogP contribution in [0.2, 0.25) is 0 Å². The van der Waals surface area contributed by atoms with Gasteiger partial charge in [-0.3, -0.25) is 4.79 Å². The summed E-state index contributed by atoms with van der Waals surface area (Å²) >= 11 is 0. The standard InChI is InChI=1S/C23H25N3O2.2ClH/c24-20-16-26(15-19(20)17-8-3-1-4-9-17)23(27)13-7-12-22-25-14-21(28-22)18-10-5-2-6-11-18;;/h1-6,8-11,14,19-20H,7,12-13,15-16,24H2;2*1H/t19-,20+;;/m0../s1. The summed E-state index contributed by atoms with van der Waals surface area (Å²) < 4.78 is 5.81. The molecule has 1 amide bonds. The Balaban J connectivity index is 0.00000160. The molecule has 30 heavy (non-hydrogen) atoms. The van der Waals surface area contributed by atoms with Gasteiger partial charge in [0.25, 0.3) is 0 Å². The third kappa shape index (κ3) is 5.63. The van der Waals surface area contributed by atoms with Crippen molar-refractivity contribution in [1.82, 2.24) is 9.88 Å². The summed E-state index contributed by atoms with van der Waals surface area (Å²) in [6.07, 6.45) is 3.60. The van der Waals surface area contributed by atoms with Gasteiger partial charge in [0, 0.05) is 43.5 Å². The number of benzene rings is 2. The lowest BCUT2D eigenvalue weighted by atomic mass is 9.95. The molecule has 1 fully saturated rings. The highest BCUT2D eigenvalue weighted by Gasteiger charge is 2.33. The number of halogens is 2. The van der Waals surface area contributed by atoms with Gasteiger partial charge in [0.2, 0.25) is 5.91 Å². The van der Waals surface area contributed by atoms with E-state index in [9.17, 15) is 4.79 Å². The molecule has 160 valence electrons. The lowest BCUT2D eigenvalue weighted by Gasteiger charge is -2.16. The van der Waals surface area contributed by atoms with E-state index < -0.39 is 0 Å². The fourth-order valence-electron chi connectivity index (χ4n) is 3.80. The highest BCUT2D eigenvalue weighted by Crippen LogP contribution is 2.27. The number of carbonyl (C=O) groups excluding carboxylic acids is 1. The molecule has 2 aromatic carbocycles. The third-order valence-corrected chi connectivity index (χ3v) is 5.34. The maximum Gasteiger partial charge on any atom is 0.222 e. The van der Waals surface area contributed by atoms with E-state index in [-0.39, 0.29) is 42.7 Å². The van der Waals surface area contributed by atoms with Crippen LogP contribution in [0.1, 0.15) is 30.2 Å². The van der Waals surface area contributed by atoms with Crippen molar-refractivity contribution in [3.63, 3.8) is 0 Å². The predicted molar refractivity (Wildman–Crippen MR) is 123 cm³/mol. The average molecular weight is 448 g/mol. The molecular formula is C23H27Cl2N3O2. The molecule has 2 N–H and O–H groups in total. The van der Waals surface area contributed by atoms with Crippen LogP contribution in [0.4, 0.5) is 0 Å². The SMILES string of the molecule is Cl.Cl.N[C@@H]1CN(C(=O)CCCc2ncc(-c3ccccc3)o2)C[C@H]1c1ccccc1. The van der Waals surface area contributed by atoms with Crippen LogP contribution in [0.5, 0.6) is 0 Å². The maximum atomic E-state index is 12.6. The van der Waals surface area contributed by atoms with Gasteiger partial charge >= 0.3 is 0 Å². The maximum absolute atomic E-state index is 12.6. The minimum Gasteiger partial charge on any atom is -0.441 e. The van der Waals surface area contributed by atoms with Crippen molar-refractivity contribution in [3.05, 3.63) is 78.3 Å². The number of nitrogens with zero attached hydrogens (tertiary/aromatic N) is 2. The van der Waals surface area contributed by atoms with Crippen molar-refractivity contribution in [3.8, 4) is 11.3 Å². The highest BCUT2D eigenvalue weighted by atomic mass is 35.5. The topological polar surface area (TPSA) is 72.4 Å². The second-order valence-corrected chi connectivity index (χ2v) is 7.32. The quantitative estimate of drug-likeness (QED) is 0.605. The van der Waals surface area contributed by atoms with E-state index in [1.54, 1.807) is 6.20 Å². The van der Waals surface area contributed by atoms with Crippen LogP contribution in [0.3, 0.4) is 0 Å². The molecule has 7 heteroatoms. The van der Waals surface area contributed by atoms with Crippen molar-refractivity contribution in [2.75, 3.05) is 13.1 Å². The van der Waals surface area contributed by atoms with Gasteiger partial charge in [-0.05, 0) is 12.0 Å². The Morgan fingerprint density at radius 3 is 2.40 bits per heavy atom. The van der Waals surface area contributed by atoms with Gasteiger partial charge in [-0.15, -0.1) is 24.8 Å². The van der Waals surface area contributed by atoms with Gasteiger partial charge in [-0.25, -0.2) is 4.98 Å². The molecule has 5 nitrogen and oxygen atoms in total. The largest absolute Gasteiger partial charge is 0.441 e. The lowest BCUT2D eigenvalue weighted by Crippen LogP contribution is -2.32. The molecule has 4 rings (SSSR count). The molecular weight excluding hydrogens is 421 g/mol. The summed E-state index contributed by atoms with van der Waals surface area (Å²) in [4.78, 5) is 18.8. The fourth-order valence-corrected chi connectivity index (χ4v) is 3.80. The smallest absolute Gasteiger partial charge is 0.222 e. The van der Waals surface area contributed by atoms with E-state index in [4.69, 9.17) is 10.2 Å². The van der Waals surface area contributed by atoms with Crippen molar-refractivity contribution >= 4 is 30.7 Å². The molecule has 3 aromatic rings. The minimum atomic E-state index is -0.00785. The summed E-state index contributed by atoms with van der Waals surface area (Å²) in [6, 6.07) is 20.1. The molecule has 0 radical (unpaired) electrons. The first-order chi connectivity index (χ1) is 13.7. The first-order valence-corrected chi connectivity index (χ1v) is 9.79. The third-order valence-electron chi connectivity index (χ3n) is 5.34. The molecule has 1 aromatic heterocycles. The summed E-state index contributed by atoms with van der Waals surface area (Å²) in [5.74, 6) is 1.80. The molecule has 0 saturated carbocycles. The predicted octanol–water partition coefficient (Wildman–Crippen LogP) is 4.46. The molecule has 1 saturated heterocycles. The Hall–Kier alpha value is -2.34. The zero-order chi connectivity index (χ0) is 19.3. The Morgan fingerprint density at radius 2 is 1.70 bits per heavy atom. The van der Waals surface area contributed by atoms with Crippen molar-refractivity contribution in [2.24, 2.45) is 5.73 Å². The fraction of sp³-hybridized carbons (Fsp3) is 0.304. The number of rotatable bonds is 6. The number of carbonyl (C=O) groups is 1. The molecule has 2 atom stereocenters. The van der Waals surface area contributed by atoms with Gasteiger partial charge in [-0.1, -0.05) is 60.7 Å². The number of nitrogens with two attached hydrogens (primary N) is 1. The molecule has 0 spiro atoms. The normalized spacial score (nSPS) is 17.8. The van der Waals surface area contributed by atoms with Crippen LogP contribution in [0.25, 0.3) is 11.3 Å². The van der Waals surface area contributed by atoms with E-state index in [2.05, 4.69) is 17.1 Å². The zero-order valence-electron chi connectivity index (χ0n) is 16.6. The summed E-state index contributed by atoms with van der Waals surface area (Å²) in [7, 11) is 0. The highest BCUT2D eigenvalue weighted by molar-refractivity contribution is 5.85. The number of amides is 1. The average Bonchev–Trinajstić information content (AvgIpc) is 3.36. The number of oxazole rings is 1. The van der Waals surface area contributed by atoms with E-state index in [0.717, 1.165) is 17.7 Å². The molecule has 1 aliphatic heterocycles.